The van der Waals surface area contributed by atoms with E-state index in [0.717, 1.165) is 32.1 Å². The summed E-state index contributed by atoms with van der Waals surface area (Å²) in [6, 6.07) is -5.56. The Morgan fingerprint density at radius 1 is 0.557 bits per heavy atom. The highest BCUT2D eigenvalue weighted by Crippen LogP contribution is 2.14. The molecule has 0 bridgehead atoms. The molecule has 0 aliphatic carbocycles. The SMILES string of the molecule is CCCCCCCCCCCCCCCC(=O)NCC(=O)N[C@@H](CO)[C@H](O)N[C@@H](CO)C(=O)N[C@@H](CCCCNC(=N)N)[C@H](O)N[C@@H](C(C)O)[C@H](O)N[C@@H](CCCC)[C@@H](C)O. The van der Waals surface area contributed by atoms with Gasteiger partial charge in [0.15, 0.2) is 5.96 Å². The molecule has 0 rings (SSSR count). The smallest absolute Gasteiger partial charge is 0.239 e. The first-order valence-corrected chi connectivity index (χ1v) is 23.0. The average molecular weight is 878 g/mol. The van der Waals surface area contributed by atoms with Crippen LogP contribution in [0.1, 0.15) is 156 Å². The number of carbonyl (C=O) groups is 3. The first-order valence-electron chi connectivity index (χ1n) is 23.0. The van der Waals surface area contributed by atoms with E-state index in [4.69, 9.17) is 11.1 Å². The van der Waals surface area contributed by atoms with E-state index in [1.54, 1.807) is 6.92 Å². The van der Waals surface area contributed by atoms with Crippen LogP contribution in [0.3, 0.4) is 0 Å². The van der Waals surface area contributed by atoms with Crippen LogP contribution in [-0.4, -0.2) is 147 Å². The number of nitrogens with two attached hydrogens (primary N) is 1. The Bertz CT molecular complexity index is 1140. The summed E-state index contributed by atoms with van der Waals surface area (Å²) in [5.41, 5.74) is 5.35. The van der Waals surface area contributed by atoms with Crippen LogP contribution < -0.4 is 43.0 Å². The molecule has 360 valence electrons. The number of aliphatic hydroxyl groups is 7. The zero-order valence-electron chi connectivity index (χ0n) is 37.7. The maximum atomic E-state index is 13.4. The van der Waals surface area contributed by atoms with E-state index in [-0.39, 0.29) is 24.7 Å². The summed E-state index contributed by atoms with van der Waals surface area (Å²) < 4.78 is 0. The van der Waals surface area contributed by atoms with Crippen molar-refractivity contribution in [2.45, 2.75) is 217 Å². The number of nitrogens with one attached hydrogen (secondary N) is 8. The Balaban J connectivity index is 5.18. The lowest BCUT2D eigenvalue weighted by Gasteiger charge is -2.35. The number of rotatable bonds is 40. The number of hydrogen-bond donors (Lipinski definition) is 16. The molecule has 0 heterocycles. The van der Waals surface area contributed by atoms with Gasteiger partial charge in [-0.1, -0.05) is 104 Å². The van der Waals surface area contributed by atoms with E-state index in [0.29, 0.717) is 32.2 Å². The molecule has 0 saturated carbocycles. The van der Waals surface area contributed by atoms with Crippen molar-refractivity contribution in [2.24, 2.45) is 5.73 Å². The minimum Gasteiger partial charge on any atom is -0.394 e. The highest BCUT2D eigenvalue weighted by atomic mass is 16.3. The van der Waals surface area contributed by atoms with Gasteiger partial charge in [0, 0.05) is 19.0 Å². The molecule has 19 heteroatoms. The molecule has 0 radical (unpaired) electrons. The molecule has 3 amide bonds. The summed E-state index contributed by atoms with van der Waals surface area (Å²) in [5.74, 6) is -2.07. The largest absolute Gasteiger partial charge is 0.394 e. The van der Waals surface area contributed by atoms with Crippen LogP contribution in [0.5, 0.6) is 0 Å². The van der Waals surface area contributed by atoms with Crippen LogP contribution in [0.4, 0.5) is 0 Å². The lowest BCUT2D eigenvalue weighted by molar-refractivity contribution is -0.129. The van der Waals surface area contributed by atoms with E-state index in [1.165, 1.54) is 64.7 Å². The zero-order valence-corrected chi connectivity index (χ0v) is 37.7. The van der Waals surface area contributed by atoms with Crippen molar-refractivity contribution in [2.75, 3.05) is 26.3 Å². The van der Waals surface area contributed by atoms with Gasteiger partial charge in [-0.3, -0.25) is 35.7 Å². The van der Waals surface area contributed by atoms with Crippen molar-refractivity contribution in [3.63, 3.8) is 0 Å². The van der Waals surface area contributed by atoms with E-state index < -0.39 is 92.7 Å². The third kappa shape index (κ3) is 29.3. The van der Waals surface area contributed by atoms with Crippen LogP contribution in [0.2, 0.25) is 0 Å². The van der Waals surface area contributed by atoms with Crippen molar-refractivity contribution in [3.05, 3.63) is 0 Å². The molecular formula is C42H87N9O10. The number of amides is 3. The predicted octanol–water partition coefficient (Wildman–Crippen LogP) is -0.0269. The maximum Gasteiger partial charge on any atom is 0.239 e. The van der Waals surface area contributed by atoms with Crippen molar-refractivity contribution >= 4 is 23.7 Å². The molecular weight excluding hydrogens is 791 g/mol. The van der Waals surface area contributed by atoms with Gasteiger partial charge in [0.1, 0.15) is 24.7 Å². The molecule has 1 unspecified atom stereocenters. The van der Waals surface area contributed by atoms with Crippen LogP contribution >= 0.6 is 0 Å². The standard InChI is InChI=1S/C42H87N9O10/c1-5-7-9-10-11-12-13-14-15-16-17-18-19-24-35(56)46-26-36(57)47-33(27-52)39(59)50-34(28-53)40(60)49-32(23-20-21-25-45-42(43)44)38(58)51-37(30(4)55)41(61)48-31(29(3)54)22-8-6-2/h29-34,37-39,41,48,50-55,58-59,61H,5-28H2,1-4H3,(H,46,56)(H,47,57)(H,49,60)(H4,43,44,45)/t29-,30?,31+,32+,33+,34+,37+,38+,39+,41+/m1/s1. The molecule has 0 aromatic carbocycles. The maximum absolute atomic E-state index is 13.4. The van der Waals surface area contributed by atoms with Crippen molar-refractivity contribution in [1.82, 2.24) is 37.2 Å². The Hall–Kier alpha value is -2.72. The van der Waals surface area contributed by atoms with Crippen LogP contribution in [-0.2, 0) is 14.4 Å². The second kappa shape index (κ2) is 36.7. The van der Waals surface area contributed by atoms with Crippen molar-refractivity contribution < 1.29 is 50.1 Å². The molecule has 0 aromatic heterocycles. The van der Waals surface area contributed by atoms with Crippen LogP contribution in [0.15, 0.2) is 0 Å². The molecule has 19 nitrogen and oxygen atoms in total. The Labute approximate surface area is 365 Å². The highest BCUT2D eigenvalue weighted by Gasteiger charge is 2.34. The predicted molar refractivity (Wildman–Crippen MR) is 237 cm³/mol. The summed E-state index contributed by atoms with van der Waals surface area (Å²) in [7, 11) is 0. The quantitative estimate of drug-likeness (QED) is 0.0166. The topological polar surface area (TPSA) is 327 Å². The van der Waals surface area contributed by atoms with Gasteiger partial charge in [-0.25, -0.2) is 0 Å². The van der Waals surface area contributed by atoms with Gasteiger partial charge in [0.25, 0.3) is 0 Å². The third-order valence-corrected chi connectivity index (χ3v) is 10.8. The highest BCUT2D eigenvalue weighted by molar-refractivity contribution is 5.85. The van der Waals surface area contributed by atoms with Gasteiger partial charge in [0.2, 0.25) is 17.7 Å². The number of aliphatic hydroxyl groups excluding tert-OH is 7. The van der Waals surface area contributed by atoms with Crippen molar-refractivity contribution in [1.29, 1.82) is 5.41 Å². The minimum absolute atomic E-state index is 0.142. The molecule has 0 fully saturated rings. The zero-order chi connectivity index (χ0) is 46.0. The normalized spacial score (nSPS) is 16.6. The molecule has 0 aliphatic rings. The third-order valence-electron chi connectivity index (χ3n) is 10.8. The molecule has 61 heavy (non-hydrogen) atoms. The number of unbranched alkanes of at least 4 members (excludes halogenated alkanes) is 14. The van der Waals surface area contributed by atoms with Gasteiger partial charge in [0.05, 0.1) is 50.1 Å². The summed E-state index contributed by atoms with van der Waals surface area (Å²) >= 11 is 0. The minimum atomic E-state index is -1.73. The van der Waals surface area contributed by atoms with E-state index in [9.17, 15) is 50.1 Å². The van der Waals surface area contributed by atoms with Gasteiger partial charge in [-0.05, 0) is 46.0 Å². The first kappa shape index (κ1) is 58.3. The van der Waals surface area contributed by atoms with Gasteiger partial charge >= 0.3 is 0 Å². The first-order chi connectivity index (χ1) is 29.1. The van der Waals surface area contributed by atoms with E-state index in [1.807, 2.05) is 6.92 Å². The lowest BCUT2D eigenvalue weighted by atomic mass is 10.0. The van der Waals surface area contributed by atoms with Gasteiger partial charge in [-0.15, -0.1) is 0 Å². The molecule has 10 atom stereocenters. The molecule has 0 saturated heterocycles. The average Bonchev–Trinajstić information content (AvgIpc) is 3.21. The fraction of sp³-hybridized carbons (Fsp3) is 0.905. The second-order valence-electron chi connectivity index (χ2n) is 16.4. The summed E-state index contributed by atoms with van der Waals surface area (Å²) in [6.45, 7) is 5.55. The molecule has 0 aliphatic heterocycles. The Morgan fingerprint density at radius 3 is 1.61 bits per heavy atom. The number of carbonyl (C=O) groups excluding carboxylic acids is 3. The lowest BCUT2D eigenvalue weighted by Crippen LogP contribution is -2.64. The van der Waals surface area contributed by atoms with Crippen LogP contribution in [0.25, 0.3) is 0 Å². The Kier molecular flexibility index (Phi) is 35.1. The number of hydrogen-bond acceptors (Lipinski definition) is 14. The van der Waals surface area contributed by atoms with Crippen LogP contribution in [0, 0.1) is 5.41 Å². The van der Waals surface area contributed by atoms with Gasteiger partial charge < -0.3 is 62.7 Å². The van der Waals surface area contributed by atoms with E-state index in [2.05, 4.69) is 44.1 Å². The summed E-state index contributed by atoms with van der Waals surface area (Å²) in [5, 5.41) is 99.7. The molecule has 0 spiro atoms. The van der Waals surface area contributed by atoms with Gasteiger partial charge in [-0.2, -0.15) is 0 Å². The second-order valence-corrected chi connectivity index (χ2v) is 16.4. The monoisotopic (exact) mass is 878 g/mol. The number of guanidine groups is 1. The van der Waals surface area contributed by atoms with E-state index >= 15 is 0 Å². The van der Waals surface area contributed by atoms with Crippen molar-refractivity contribution in [3.8, 4) is 0 Å². The summed E-state index contributed by atoms with van der Waals surface area (Å²) in [6.07, 6.45) is 12.1. The fourth-order valence-electron chi connectivity index (χ4n) is 6.91. The molecule has 17 N–H and O–H groups in total. The fourth-order valence-corrected chi connectivity index (χ4v) is 6.91. The molecule has 0 aromatic rings. The Morgan fingerprint density at radius 2 is 1.10 bits per heavy atom. The summed E-state index contributed by atoms with van der Waals surface area (Å²) in [4.78, 5) is 38.4.